The van der Waals surface area contributed by atoms with E-state index >= 15 is 0 Å². The molecule has 0 nitrogen and oxygen atoms in total. The van der Waals surface area contributed by atoms with Crippen molar-refractivity contribution in [3.8, 4) is 0 Å². The summed E-state index contributed by atoms with van der Waals surface area (Å²) in [6.07, 6.45) is 7.01. The average molecular weight is 660 g/mol. The molecule has 0 bridgehead atoms. The second kappa shape index (κ2) is 15.5. The van der Waals surface area contributed by atoms with E-state index in [2.05, 4.69) is 121 Å². The zero-order valence-electron chi connectivity index (χ0n) is 21.2. The van der Waals surface area contributed by atoms with Crippen LogP contribution in [0.2, 0.25) is 9.79 Å². The van der Waals surface area contributed by atoms with Gasteiger partial charge in [-0.1, -0.05) is 0 Å². The van der Waals surface area contributed by atoms with Gasteiger partial charge in [0.15, 0.2) is 0 Å². The first-order chi connectivity index (χ1) is 18.1. The quantitative estimate of drug-likeness (QED) is 0.0720. The van der Waals surface area contributed by atoms with Crippen LogP contribution in [0.15, 0.2) is 121 Å². The molecular weight excluding hydrogens is 624 g/mol. The van der Waals surface area contributed by atoms with Crippen molar-refractivity contribution in [3.05, 3.63) is 121 Å². The second-order valence-electron chi connectivity index (χ2n) is 8.92. The molecule has 0 radical (unpaired) electrons. The van der Waals surface area contributed by atoms with Crippen molar-refractivity contribution in [2.24, 2.45) is 0 Å². The molecule has 0 saturated heterocycles. The molecule has 5 heteroatoms. The fourth-order valence-corrected chi connectivity index (χ4v) is 14.0. The van der Waals surface area contributed by atoms with Gasteiger partial charge in [-0.05, 0) is 0 Å². The molecule has 0 saturated carbocycles. The molecule has 0 aliphatic carbocycles. The van der Waals surface area contributed by atoms with Crippen LogP contribution in [0.25, 0.3) is 0 Å². The SMILES string of the molecule is [Cl][Pd]([Cl])([CH2]CCCP(c1ccccc1)c1ccccc1)[CH2]CCCP(c1ccccc1)c1ccccc1. The van der Waals surface area contributed by atoms with E-state index < -0.39 is 13.5 Å². The molecule has 0 spiro atoms. The van der Waals surface area contributed by atoms with Gasteiger partial charge >= 0.3 is 239 Å². The molecular formula is C32H36Cl2P2Pd. The van der Waals surface area contributed by atoms with E-state index in [0.717, 1.165) is 22.6 Å². The van der Waals surface area contributed by atoms with Crippen LogP contribution in [0.3, 0.4) is 0 Å². The zero-order valence-corrected chi connectivity index (χ0v) is 26.0. The van der Waals surface area contributed by atoms with Crippen LogP contribution in [0.5, 0.6) is 0 Å². The standard InChI is InChI=1S/2C16H18P.2ClH.Pd/c2*1-2-3-14-17(15-10-6-4-7-11-15)16-12-8-5-9-13-16;;;/h2*4-13H,1-3,14H2;2*1H;/q;;;;+2/p-2. The summed E-state index contributed by atoms with van der Waals surface area (Å²) in [5, 5.41) is 5.83. The predicted octanol–water partition coefficient (Wildman–Crippen LogP) is 9.11. The molecule has 4 rings (SSSR count). The first-order valence-electron chi connectivity index (χ1n) is 12.9. The van der Waals surface area contributed by atoms with E-state index in [1.165, 1.54) is 46.4 Å². The Hall–Kier alpha value is -1.02. The topological polar surface area (TPSA) is 0 Å². The summed E-state index contributed by atoms with van der Waals surface area (Å²) in [5.41, 5.74) is 0. The predicted molar refractivity (Wildman–Crippen MR) is 168 cm³/mol. The van der Waals surface area contributed by atoms with E-state index in [0.29, 0.717) is 0 Å². The van der Waals surface area contributed by atoms with Crippen molar-refractivity contribution < 1.29 is 13.5 Å². The van der Waals surface area contributed by atoms with E-state index in [1.54, 1.807) is 0 Å². The summed E-state index contributed by atoms with van der Waals surface area (Å²) in [5.74, 6) is 0. The first-order valence-corrected chi connectivity index (χ1v) is 22.1. The maximum absolute atomic E-state index is 6.96. The average Bonchev–Trinajstić information content (AvgIpc) is 2.95. The van der Waals surface area contributed by atoms with Crippen molar-refractivity contribution in [3.63, 3.8) is 0 Å². The van der Waals surface area contributed by atoms with Crippen LogP contribution in [0.4, 0.5) is 0 Å². The summed E-state index contributed by atoms with van der Waals surface area (Å²) < 4.78 is 0. The summed E-state index contributed by atoms with van der Waals surface area (Å²) in [4.78, 5) is 2.01. The van der Waals surface area contributed by atoms with Gasteiger partial charge in [0.05, 0.1) is 0 Å². The third-order valence-corrected chi connectivity index (χ3v) is 17.6. The van der Waals surface area contributed by atoms with Gasteiger partial charge < -0.3 is 0 Å². The van der Waals surface area contributed by atoms with Gasteiger partial charge in [-0.25, -0.2) is 0 Å². The first kappa shape index (κ1) is 29.0. The Bertz CT molecular complexity index is 987. The minimum absolute atomic E-state index is 0.331. The minimum atomic E-state index is -2.33. The van der Waals surface area contributed by atoms with Crippen LogP contribution >= 0.6 is 34.9 Å². The molecule has 0 N–H and O–H groups in total. The summed E-state index contributed by atoms with van der Waals surface area (Å²) in [7, 11) is 13.3. The van der Waals surface area contributed by atoms with Crippen LogP contribution in [0, 0.1) is 0 Å². The van der Waals surface area contributed by atoms with E-state index in [1.807, 2.05) is 0 Å². The monoisotopic (exact) mass is 658 g/mol. The van der Waals surface area contributed by atoms with Gasteiger partial charge in [0.1, 0.15) is 0 Å². The van der Waals surface area contributed by atoms with Crippen LogP contribution in [0.1, 0.15) is 25.7 Å². The Morgan fingerprint density at radius 1 is 0.405 bits per heavy atom. The molecule has 198 valence electrons. The summed E-state index contributed by atoms with van der Waals surface area (Å²) in [6, 6.07) is 43.9. The molecule has 0 aliphatic rings. The van der Waals surface area contributed by atoms with Gasteiger partial charge in [-0.2, -0.15) is 0 Å². The van der Waals surface area contributed by atoms with Crippen molar-refractivity contribution >= 4 is 56.1 Å². The molecule has 0 unspecified atom stereocenters. The number of benzene rings is 4. The number of hydrogen-bond donors (Lipinski definition) is 0. The van der Waals surface area contributed by atoms with Crippen molar-refractivity contribution in [2.45, 2.75) is 35.5 Å². The molecule has 0 aliphatic heterocycles. The molecule has 4 aromatic rings. The van der Waals surface area contributed by atoms with Crippen molar-refractivity contribution in [1.29, 1.82) is 0 Å². The fraction of sp³-hybridized carbons (Fsp3) is 0.250. The molecule has 4 aromatic carbocycles. The Morgan fingerprint density at radius 3 is 0.946 bits per heavy atom. The Morgan fingerprint density at radius 2 is 0.676 bits per heavy atom. The molecule has 0 aromatic heterocycles. The number of halogens is 2. The molecule has 0 atom stereocenters. The van der Waals surface area contributed by atoms with Crippen LogP contribution < -0.4 is 21.2 Å². The van der Waals surface area contributed by atoms with E-state index in [4.69, 9.17) is 19.1 Å². The normalized spacial score (nSPS) is 12.2. The second-order valence-corrected chi connectivity index (χ2v) is 23.9. The number of unbranched alkanes of at least 4 members (excludes halogenated alkanes) is 2. The third-order valence-electron chi connectivity index (χ3n) is 6.22. The van der Waals surface area contributed by atoms with Gasteiger partial charge in [0, 0.05) is 0 Å². The Kier molecular flexibility index (Phi) is 12.2. The van der Waals surface area contributed by atoms with Gasteiger partial charge in [0.2, 0.25) is 0 Å². The molecule has 0 amide bonds. The van der Waals surface area contributed by atoms with Gasteiger partial charge in [-0.15, -0.1) is 0 Å². The number of rotatable bonds is 14. The van der Waals surface area contributed by atoms with Gasteiger partial charge in [-0.3, -0.25) is 0 Å². The van der Waals surface area contributed by atoms with Gasteiger partial charge in [0.25, 0.3) is 0 Å². The molecule has 37 heavy (non-hydrogen) atoms. The van der Waals surface area contributed by atoms with E-state index in [-0.39, 0.29) is 15.8 Å². The van der Waals surface area contributed by atoms with Crippen molar-refractivity contribution in [2.75, 3.05) is 12.3 Å². The Balaban J connectivity index is 1.24. The summed E-state index contributed by atoms with van der Waals surface area (Å²) in [6.45, 7) is 0. The molecule has 0 heterocycles. The van der Waals surface area contributed by atoms with E-state index in [9.17, 15) is 0 Å². The van der Waals surface area contributed by atoms with Crippen molar-refractivity contribution in [1.82, 2.24) is 0 Å². The maximum atomic E-state index is 6.96. The fourth-order valence-electron chi connectivity index (χ4n) is 4.35. The Labute approximate surface area is 237 Å². The van der Waals surface area contributed by atoms with Crippen LogP contribution in [-0.2, 0) is 13.5 Å². The zero-order chi connectivity index (χ0) is 25.8. The number of hydrogen-bond acceptors (Lipinski definition) is 0. The van der Waals surface area contributed by atoms with Crippen LogP contribution in [-0.4, -0.2) is 12.3 Å². The summed E-state index contributed by atoms with van der Waals surface area (Å²) >= 11 is -2.33. The third kappa shape index (κ3) is 9.59. The molecule has 0 fully saturated rings.